The van der Waals surface area contributed by atoms with Crippen molar-refractivity contribution < 1.29 is 4.52 Å². The van der Waals surface area contributed by atoms with Gasteiger partial charge in [0.1, 0.15) is 5.69 Å². The summed E-state index contributed by atoms with van der Waals surface area (Å²) >= 11 is 1.53. The minimum atomic E-state index is 0.394. The first-order valence-electron chi connectivity index (χ1n) is 8.35. The van der Waals surface area contributed by atoms with E-state index in [1.165, 1.54) is 11.3 Å². The van der Waals surface area contributed by atoms with Gasteiger partial charge < -0.3 is 9.51 Å². The van der Waals surface area contributed by atoms with Crippen LogP contribution in [0, 0.1) is 0 Å². The zero-order valence-corrected chi connectivity index (χ0v) is 15.0. The Morgan fingerprint density at radius 3 is 3.07 bits per heavy atom. The third kappa shape index (κ3) is 2.32. The van der Waals surface area contributed by atoms with Gasteiger partial charge in [0, 0.05) is 23.3 Å². The molecule has 0 unspecified atom stereocenters. The molecule has 5 heterocycles. The molecule has 0 amide bonds. The van der Waals surface area contributed by atoms with E-state index < -0.39 is 0 Å². The van der Waals surface area contributed by atoms with Gasteiger partial charge in [0.05, 0.1) is 40.0 Å². The smallest absolute Gasteiger partial charge is 0.262 e. The molecule has 0 aliphatic rings. The van der Waals surface area contributed by atoms with Crippen molar-refractivity contribution in [2.24, 2.45) is 0 Å². The molecule has 0 aliphatic carbocycles. The van der Waals surface area contributed by atoms with E-state index in [1.54, 1.807) is 34.8 Å². The number of aromatic amines is 1. The second-order valence-electron chi connectivity index (χ2n) is 6.08. The van der Waals surface area contributed by atoms with Gasteiger partial charge in [0.15, 0.2) is 5.82 Å². The molecule has 0 saturated heterocycles. The summed E-state index contributed by atoms with van der Waals surface area (Å²) in [5.74, 6) is 1.62. The molecular formula is C18H10N8OS. The number of hydrogen-bond acceptors (Lipinski definition) is 8. The van der Waals surface area contributed by atoms with Crippen LogP contribution in [-0.4, -0.2) is 39.7 Å². The Hall–Kier alpha value is -3.92. The first-order valence-corrected chi connectivity index (χ1v) is 9.29. The number of imidazole rings is 1. The van der Waals surface area contributed by atoms with Crippen molar-refractivity contribution in [1.29, 1.82) is 0 Å². The Kier molecular flexibility index (Phi) is 3.14. The molecule has 1 N–H and O–H groups in total. The normalized spacial score (nSPS) is 11.6. The zero-order valence-electron chi connectivity index (χ0n) is 14.1. The summed E-state index contributed by atoms with van der Waals surface area (Å²) in [6.45, 7) is 0. The number of rotatable bonds is 3. The Bertz CT molecular complexity index is 1430. The van der Waals surface area contributed by atoms with Crippen LogP contribution in [0.15, 0.2) is 58.4 Å². The fraction of sp³-hybridized carbons (Fsp3) is 0. The average molecular weight is 386 g/mol. The van der Waals surface area contributed by atoms with Crippen molar-refractivity contribution in [2.45, 2.75) is 0 Å². The van der Waals surface area contributed by atoms with Crippen molar-refractivity contribution in [1.82, 2.24) is 39.7 Å². The van der Waals surface area contributed by atoms with Crippen molar-refractivity contribution in [2.75, 3.05) is 0 Å². The first-order chi connectivity index (χ1) is 13.8. The van der Waals surface area contributed by atoms with Crippen molar-refractivity contribution in [3.63, 3.8) is 0 Å². The fourth-order valence-electron chi connectivity index (χ4n) is 3.05. The summed E-state index contributed by atoms with van der Waals surface area (Å²) < 4.78 is 7.18. The van der Waals surface area contributed by atoms with E-state index in [2.05, 4.69) is 35.2 Å². The van der Waals surface area contributed by atoms with Gasteiger partial charge in [0.25, 0.3) is 5.89 Å². The van der Waals surface area contributed by atoms with Gasteiger partial charge in [-0.25, -0.2) is 14.5 Å². The van der Waals surface area contributed by atoms with Crippen LogP contribution in [0.5, 0.6) is 0 Å². The standard InChI is InChI=1S/C18H10N8OS/c1-2-12-13(23-17(22-12)14-8-28-9-20-14)5-10(1)16-24-18(27-25-16)11-6-21-26-4-3-19-7-15(11)26/h1-9H,(H,22,23). The van der Waals surface area contributed by atoms with E-state index >= 15 is 0 Å². The molecule has 0 spiro atoms. The molecule has 6 rings (SSSR count). The maximum Gasteiger partial charge on any atom is 0.262 e. The summed E-state index contributed by atoms with van der Waals surface area (Å²) in [6, 6.07) is 5.79. The number of thiazole rings is 1. The van der Waals surface area contributed by atoms with Crippen molar-refractivity contribution in [3.05, 3.63) is 53.9 Å². The second-order valence-corrected chi connectivity index (χ2v) is 6.80. The van der Waals surface area contributed by atoms with Crippen LogP contribution in [-0.2, 0) is 0 Å². The molecule has 134 valence electrons. The van der Waals surface area contributed by atoms with E-state index in [0.717, 1.165) is 39.2 Å². The van der Waals surface area contributed by atoms with E-state index in [4.69, 9.17) is 4.52 Å². The number of H-pyrrole nitrogens is 1. The summed E-state index contributed by atoms with van der Waals surface area (Å²) in [6.07, 6.45) is 6.83. The van der Waals surface area contributed by atoms with Crippen LogP contribution in [0.2, 0.25) is 0 Å². The van der Waals surface area contributed by atoms with Gasteiger partial charge in [-0.3, -0.25) is 4.98 Å². The van der Waals surface area contributed by atoms with Gasteiger partial charge in [-0.2, -0.15) is 10.1 Å². The largest absolute Gasteiger partial charge is 0.337 e. The minimum absolute atomic E-state index is 0.394. The lowest BCUT2D eigenvalue weighted by Gasteiger charge is -1.94. The van der Waals surface area contributed by atoms with Gasteiger partial charge in [0.2, 0.25) is 5.82 Å². The predicted octanol–water partition coefficient (Wildman–Crippen LogP) is 3.45. The van der Waals surface area contributed by atoms with Gasteiger partial charge in [-0.15, -0.1) is 11.3 Å². The summed E-state index contributed by atoms with van der Waals surface area (Å²) in [7, 11) is 0. The number of benzene rings is 1. The minimum Gasteiger partial charge on any atom is -0.337 e. The quantitative estimate of drug-likeness (QED) is 0.496. The number of fused-ring (bicyclic) bond motifs is 2. The maximum absolute atomic E-state index is 5.47. The molecule has 0 radical (unpaired) electrons. The number of nitrogens with one attached hydrogen (secondary N) is 1. The number of hydrogen-bond donors (Lipinski definition) is 1. The molecule has 9 nitrogen and oxygen atoms in total. The van der Waals surface area contributed by atoms with E-state index in [0.29, 0.717) is 11.7 Å². The van der Waals surface area contributed by atoms with Gasteiger partial charge in [-0.05, 0) is 18.2 Å². The molecule has 0 bridgehead atoms. The fourth-order valence-corrected chi connectivity index (χ4v) is 3.59. The van der Waals surface area contributed by atoms with Crippen molar-refractivity contribution >= 4 is 27.9 Å². The zero-order chi connectivity index (χ0) is 18.5. The van der Waals surface area contributed by atoms with Crippen LogP contribution >= 0.6 is 11.3 Å². The lowest BCUT2D eigenvalue weighted by molar-refractivity contribution is 0.432. The van der Waals surface area contributed by atoms with E-state index in [1.807, 2.05) is 23.6 Å². The molecule has 10 heteroatoms. The molecule has 5 aromatic heterocycles. The van der Waals surface area contributed by atoms with Crippen LogP contribution in [0.25, 0.3) is 50.9 Å². The summed E-state index contributed by atoms with van der Waals surface area (Å²) in [5, 5.41) is 10.4. The predicted molar refractivity (Wildman–Crippen MR) is 102 cm³/mol. The molecular weight excluding hydrogens is 376 g/mol. The third-order valence-corrected chi connectivity index (χ3v) is 4.98. The SMILES string of the molecule is c1cn2ncc(-c3nc(-c4ccc5nc(-c6cscn6)[nH]c5c4)no3)c2cn1. The highest BCUT2D eigenvalue weighted by Crippen LogP contribution is 2.27. The molecule has 0 aliphatic heterocycles. The highest BCUT2D eigenvalue weighted by Gasteiger charge is 2.16. The molecule has 1 aromatic carbocycles. The number of aromatic nitrogens is 8. The summed E-state index contributed by atoms with van der Waals surface area (Å²) in [4.78, 5) is 20.8. The molecule has 0 fully saturated rings. The van der Waals surface area contributed by atoms with Gasteiger partial charge in [-0.1, -0.05) is 5.16 Å². The molecule has 0 saturated carbocycles. The molecule has 28 heavy (non-hydrogen) atoms. The number of nitrogens with zero attached hydrogens (tertiary/aromatic N) is 7. The topological polar surface area (TPSA) is 111 Å². The highest BCUT2D eigenvalue weighted by molar-refractivity contribution is 7.07. The molecule has 6 aromatic rings. The Labute approximate surface area is 160 Å². The Morgan fingerprint density at radius 1 is 1.14 bits per heavy atom. The molecule has 0 atom stereocenters. The monoisotopic (exact) mass is 386 g/mol. The van der Waals surface area contributed by atoms with Crippen LogP contribution in [0.4, 0.5) is 0 Å². The maximum atomic E-state index is 5.47. The highest BCUT2D eigenvalue weighted by atomic mass is 32.1. The Morgan fingerprint density at radius 2 is 2.14 bits per heavy atom. The second kappa shape index (κ2) is 5.79. The van der Waals surface area contributed by atoms with Gasteiger partial charge >= 0.3 is 0 Å². The van der Waals surface area contributed by atoms with Crippen LogP contribution in [0.3, 0.4) is 0 Å². The van der Waals surface area contributed by atoms with Crippen LogP contribution < -0.4 is 0 Å². The third-order valence-electron chi connectivity index (χ3n) is 4.40. The Balaban J connectivity index is 1.41. The van der Waals surface area contributed by atoms with E-state index in [-0.39, 0.29) is 0 Å². The van der Waals surface area contributed by atoms with Crippen molar-refractivity contribution in [3.8, 4) is 34.4 Å². The lowest BCUT2D eigenvalue weighted by Crippen LogP contribution is -1.86. The lowest BCUT2D eigenvalue weighted by atomic mass is 10.2. The van der Waals surface area contributed by atoms with E-state index in [9.17, 15) is 0 Å². The average Bonchev–Trinajstić information content (AvgIpc) is 3.52. The van der Waals surface area contributed by atoms with Crippen LogP contribution in [0.1, 0.15) is 0 Å². The first kappa shape index (κ1) is 15.2. The summed E-state index contributed by atoms with van der Waals surface area (Å²) in [5.41, 5.74) is 6.70.